The van der Waals surface area contributed by atoms with Gasteiger partial charge in [0, 0.05) is 6.54 Å². The summed E-state index contributed by atoms with van der Waals surface area (Å²) in [4.78, 5) is 11.3. The van der Waals surface area contributed by atoms with Crippen LogP contribution >= 0.6 is 11.6 Å². The van der Waals surface area contributed by atoms with E-state index in [0.29, 0.717) is 18.8 Å². The summed E-state index contributed by atoms with van der Waals surface area (Å²) >= 11 is 5.87. The first kappa shape index (κ1) is 13.4. The second kappa shape index (κ2) is 6.24. The van der Waals surface area contributed by atoms with Gasteiger partial charge in [-0.3, -0.25) is 4.79 Å². The Morgan fingerprint density at radius 2 is 2.32 bits per heavy atom. The Kier molecular flexibility index (Phi) is 4.41. The van der Waals surface area contributed by atoms with Crippen molar-refractivity contribution in [3.63, 3.8) is 0 Å². The second-order valence-electron chi connectivity index (χ2n) is 3.86. The van der Waals surface area contributed by atoms with Crippen LogP contribution in [0.4, 0.5) is 5.69 Å². The van der Waals surface area contributed by atoms with Crippen LogP contribution in [-0.4, -0.2) is 16.8 Å². The molecule has 2 rings (SSSR count). The zero-order valence-electron chi connectivity index (χ0n) is 10.4. The van der Waals surface area contributed by atoms with Gasteiger partial charge in [-0.2, -0.15) is 5.10 Å². The van der Waals surface area contributed by atoms with Gasteiger partial charge in [0.1, 0.15) is 10.8 Å². The van der Waals surface area contributed by atoms with Crippen molar-refractivity contribution in [1.82, 2.24) is 10.2 Å². The highest BCUT2D eigenvalue weighted by Gasteiger charge is 2.04. The molecule has 0 aliphatic rings. The van der Waals surface area contributed by atoms with Gasteiger partial charge < -0.3 is 10.1 Å². The molecule has 5 nitrogen and oxygen atoms in total. The molecule has 2 aromatic rings. The SMILES string of the molecule is CCOc1cccc(CNc2cn[nH]c(=O)c2Cl)c1. The number of aromatic amines is 1. The molecule has 0 saturated carbocycles. The third-order valence-corrected chi connectivity index (χ3v) is 2.86. The van der Waals surface area contributed by atoms with Crippen molar-refractivity contribution < 1.29 is 4.74 Å². The van der Waals surface area contributed by atoms with Gasteiger partial charge in [-0.25, -0.2) is 5.10 Å². The first-order valence-electron chi connectivity index (χ1n) is 5.89. The number of halogens is 1. The zero-order valence-corrected chi connectivity index (χ0v) is 11.2. The summed E-state index contributed by atoms with van der Waals surface area (Å²) in [6.07, 6.45) is 1.48. The molecule has 0 saturated heterocycles. The number of aromatic nitrogens is 2. The minimum atomic E-state index is -0.408. The number of nitrogens with zero attached hydrogens (tertiary/aromatic N) is 1. The first-order valence-corrected chi connectivity index (χ1v) is 6.27. The highest BCUT2D eigenvalue weighted by Crippen LogP contribution is 2.17. The lowest BCUT2D eigenvalue weighted by Crippen LogP contribution is -2.11. The van der Waals surface area contributed by atoms with Gasteiger partial charge in [0.05, 0.1) is 18.5 Å². The number of benzene rings is 1. The Bertz CT molecular complexity index is 613. The van der Waals surface area contributed by atoms with Crippen LogP contribution in [0.3, 0.4) is 0 Å². The van der Waals surface area contributed by atoms with E-state index in [1.807, 2.05) is 31.2 Å². The fraction of sp³-hybridized carbons (Fsp3) is 0.231. The van der Waals surface area contributed by atoms with E-state index in [4.69, 9.17) is 16.3 Å². The van der Waals surface area contributed by atoms with Gasteiger partial charge in [0.25, 0.3) is 5.56 Å². The van der Waals surface area contributed by atoms with Crippen molar-refractivity contribution >= 4 is 17.3 Å². The predicted octanol–water partition coefficient (Wildman–Crippen LogP) is 2.43. The first-order chi connectivity index (χ1) is 9.20. The fourth-order valence-corrected chi connectivity index (χ4v) is 1.77. The standard InChI is InChI=1S/C13H14ClN3O2/c1-2-19-10-5-3-4-9(6-10)7-15-11-8-16-17-13(18)12(11)14/h3-6,8H,2,7H2,1H3,(H2,15,17,18). The third-order valence-electron chi connectivity index (χ3n) is 2.49. The second-order valence-corrected chi connectivity index (χ2v) is 4.24. The van der Waals surface area contributed by atoms with E-state index in [-0.39, 0.29) is 5.02 Å². The van der Waals surface area contributed by atoms with Gasteiger partial charge in [-0.1, -0.05) is 23.7 Å². The van der Waals surface area contributed by atoms with E-state index in [9.17, 15) is 4.79 Å². The Morgan fingerprint density at radius 1 is 1.47 bits per heavy atom. The van der Waals surface area contributed by atoms with Crippen LogP contribution in [0.25, 0.3) is 0 Å². The quantitative estimate of drug-likeness (QED) is 0.882. The highest BCUT2D eigenvalue weighted by molar-refractivity contribution is 6.32. The topological polar surface area (TPSA) is 67.0 Å². The molecule has 2 N–H and O–H groups in total. The van der Waals surface area contributed by atoms with Gasteiger partial charge in [-0.05, 0) is 24.6 Å². The molecule has 1 aromatic heterocycles. The Morgan fingerprint density at radius 3 is 3.11 bits per heavy atom. The van der Waals surface area contributed by atoms with Crippen LogP contribution in [-0.2, 0) is 6.54 Å². The molecule has 0 radical (unpaired) electrons. The summed E-state index contributed by atoms with van der Waals surface area (Å²) in [5, 5.41) is 9.14. The molecule has 0 aliphatic heterocycles. The van der Waals surface area contributed by atoms with Crippen molar-refractivity contribution in [2.75, 3.05) is 11.9 Å². The molecule has 0 spiro atoms. The summed E-state index contributed by atoms with van der Waals surface area (Å²) in [6, 6.07) is 7.71. The summed E-state index contributed by atoms with van der Waals surface area (Å²) < 4.78 is 5.42. The number of rotatable bonds is 5. The molecule has 1 aromatic carbocycles. The molecule has 6 heteroatoms. The van der Waals surface area contributed by atoms with Crippen molar-refractivity contribution in [3.05, 3.63) is 51.4 Å². The number of anilines is 1. The normalized spacial score (nSPS) is 10.2. The Hall–Kier alpha value is -2.01. The summed E-state index contributed by atoms with van der Waals surface area (Å²) in [6.45, 7) is 3.10. The molecule has 100 valence electrons. The fourth-order valence-electron chi connectivity index (χ4n) is 1.62. The number of ether oxygens (including phenoxy) is 1. The van der Waals surface area contributed by atoms with E-state index in [0.717, 1.165) is 11.3 Å². The third kappa shape index (κ3) is 3.48. The maximum absolute atomic E-state index is 11.3. The summed E-state index contributed by atoms with van der Waals surface area (Å²) in [7, 11) is 0. The average molecular weight is 280 g/mol. The molecule has 0 unspecified atom stereocenters. The van der Waals surface area contributed by atoms with Crippen LogP contribution in [0.2, 0.25) is 5.02 Å². The highest BCUT2D eigenvalue weighted by atomic mass is 35.5. The number of H-pyrrole nitrogens is 1. The minimum absolute atomic E-state index is 0.107. The van der Waals surface area contributed by atoms with Crippen molar-refractivity contribution in [3.8, 4) is 5.75 Å². The van der Waals surface area contributed by atoms with Crippen LogP contribution in [0.15, 0.2) is 35.3 Å². The van der Waals surface area contributed by atoms with Crippen LogP contribution in [0.5, 0.6) is 5.75 Å². The van der Waals surface area contributed by atoms with Gasteiger partial charge in [0.15, 0.2) is 0 Å². The van der Waals surface area contributed by atoms with E-state index in [2.05, 4.69) is 15.5 Å². The van der Waals surface area contributed by atoms with Gasteiger partial charge >= 0.3 is 0 Å². The Balaban J connectivity index is 2.08. The van der Waals surface area contributed by atoms with E-state index in [1.54, 1.807) is 0 Å². The molecule has 19 heavy (non-hydrogen) atoms. The monoisotopic (exact) mass is 279 g/mol. The van der Waals surface area contributed by atoms with E-state index in [1.165, 1.54) is 6.20 Å². The molecule has 0 aliphatic carbocycles. The van der Waals surface area contributed by atoms with E-state index < -0.39 is 5.56 Å². The number of hydrogen-bond donors (Lipinski definition) is 2. The molecule has 1 heterocycles. The van der Waals surface area contributed by atoms with Crippen LogP contribution in [0, 0.1) is 0 Å². The van der Waals surface area contributed by atoms with Crippen LogP contribution in [0.1, 0.15) is 12.5 Å². The zero-order chi connectivity index (χ0) is 13.7. The summed E-state index contributed by atoms with van der Waals surface area (Å²) in [5.74, 6) is 0.817. The summed E-state index contributed by atoms with van der Waals surface area (Å²) in [5.41, 5.74) is 1.13. The molecular weight excluding hydrogens is 266 g/mol. The van der Waals surface area contributed by atoms with Gasteiger partial charge in [-0.15, -0.1) is 0 Å². The number of hydrogen-bond acceptors (Lipinski definition) is 4. The maximum atomic E-state index is 11.3. The lowest BCUT2D eigenvalue weighted by atomic mass is 10.2. The van der Waals surface area contributed by atoms with E-state index >= 15 is 0 Å². The van der Waals surface area contributed by atoms with Crippen molar-refractivity contribution in [2.24, 2.45) is 0 Å². The largest absolute Gasteiger partial charge is 0.494 e. The smallest absolute Gasteiger partial charge is 0.285 e. The van der Waals surface area contributed by atoms with Crippen molar-refractivity contribution in [1.29, 1.82) is 0 Å². The maximum Gasteiger partial charge on any atom is 0.285 e. The average Bonchev–Trinajstić information content (AvgIpc) is 2.41. The number of nitrogens with one attached hydrogen (secondary N) is 2. The minimum Gasteiger partial charge on any atom is -0.494 e. The van der Waals surface area contributed by atoms with Crippen molar-refractivity contribution in [2.45, 2.75) is 13.5 Å². The lowest BCUT2D eigenvalue weighted by molar-refractivity contribution is 0.340. The molecule has 0 atom stereocenters. The predicted molar refractivity (Wildman–Crippen MR) is 74.8 cm³/mol. The Labute approximate surface area is 115 Å². The van der Waals surface area contributed by atoms with Gasteiger partial charge in [0.2, 0.25) is 0 Å². The molecule has 0 amide bonds. The lowest BCUT2D eigenvalue weighted by Gasteiger charge is -2.09. The molecule has 0 fully saturated rings. The molecule has 0 bridgehead atoms. The molecular formula is C13H14ClN3O2. The van der Waals surface area contributed by atoms with Crippen LogP contribution < -0.4 is 15.6 Å².